The molecule has 1 aromatic carbocycles. The molecule has 1 atom stereocenters. The Balaban J connectivity index is 1.45. The van der Waals surface area contributed by atoms with Crippen molar-refractivity contribution < 1.29 is 4.79 Å². The van der Waals surface area contributed by atoms with Crippen LogP contribution in [0.1, 0.15) is 54.2 Å². The SMILES string of the molecule is CCc1[nH]ncc1C(=O)N1CCCC2(CCCN(Cc3ccccc3)C2)C1. The van der Waals surface area contributed by atoms with Crippen molar-refractivity contribution in [2.24, 2.45) is 5.41 Å². The van der Waals surface area contributed by atoms with Gasteiger partial charge in [-0.1, -0.05) is 37.3 Å². The van der Waals surface area contributed by atoms with Gasteiger partial charge in [-0.25, -0.2) is 0 Å². The Hall–Kier alpha value is -2.14. The summed E-state index contributed by atoms with van der Waals surface area (Å²) >= 11 is 0. The highest BCUT2D eigenvalue weighted by Crippen LogP contribution is 2.39. The first-order chi connectivity index (χ1) is 13.2. The molecule has 1 unspecified atom stereocenters. The lowest BCUT2D eigenvalue weighted by atomic mass is 9.73. The molecule has 0 radical (unpaired) electrons. The monoisotopic (exact) mass is 366 g/mol. The van der Waals surface area contributed by atoms with Gasteiger partial charge in [0.2, 0.25) is 0 Å². The van der Waals surface area contributed by atoms with E-state index in [2.05, 4.69) is 57.3 Å². The summed E-state index contributed by atoms with van der Waals surface area (Å²) < 4.78 is 0. The lowest BCUT2D eigenvalue weighted by molar-refractivity contribution is 0.0113. The van der Waals surface area contributed by atoms with Crippen LogP contribution in [0.2, 0.25) is 0 Å². The number of likely N-dealkylation sites (tertiary alicyclic amines) is 2. The zero-order valence-corrected chi connectivity index (χ0v) is 16.3. The Labute approximate surface area is 161 Å². The zero-order chi connectivity index (χ0) is 18.7. The Morgan fingerprint density at radius 3 is 2.70 bits per heavy atom. The van der Waals surface area contributed by atoms with Crippen LogP contribution in [0.15, 0.2) is 36.5 Å². The van der Waals surface area contributed by atoms with Crippen LogP contribution in [0.3, 0.4) is 0 Å². The van der Waals surface area contributed by atoms with Crippen LogP contribution in [0.5, 0.6) is 0 Å². The minimum absolute atomic E-state index is 0.153. The molecule has 3 heterocycles. The van der Waals surface area contributed by atoms with Gasteiger partial charge < -0.3 is 4.90 Å². The molecule has 2 saturated heterocycles. The molecular weight excluding hydrogens is 336 g/mol. The van der Waals surface area contributed by atoms with Gasteiger partial charge in [-0.3, -0.25) is 14.8 Å². The molecule has 27 heavy (non-hydrogen) atoms. The molecule has 144 valence electrons. The number of benzene rings is 1. The Morgan fingerprint density at radius 2 is 1.93 bits per heavy atom. The maximum absolute atomic E-state index is 13.1. The second kappa shape index (κ2) is 7.85. The van der Waals surface area contributed by atoms with Crippen LogP contribution < -0.4 is 0 Å². The highest BCUT2D eigenvalue weighted by molar-refractivity contribution is 5.95. The highest BCUT2D eigenvalue weighted by Gasteiger charge is 2.40. The number of piperidine rings is 2. The topological polar surface area (TPSA) is 52.2 Å². The fourth-order valence-electron chi connectivity index (χ4n) is 4.94. The average molecular weight is 367 g/mol. The van der Waals surface area contributed by atoms with Crippen molar-refractivity contribution in [3.05, 3.63) is 53.3 Å². The van der Waals surface area contributed by atoms with E-state index in [0.717, 1.165) is 56.8 Å². The number of nitrogens with zero attached hydrogens (tertiary/aromatic N) is 3. The van der Waals surface area contributed by atoms with E-state index >= 15 is 0 Å². The van der Waals surface area contributed by atoms with Gasteiger partial charge in [0.1, 0.15) is 0 Å². The molecule has 2 fully saturated rings. The summed E-state index contributed by atoms with van der Waals surface area (Å²) in [5, 5.41) is 7.07. The average Bonchev–Trinajstić information content (AvgIpc) is 3.17. The molecule has 0 saturated carbocycles. The van der Waals surface area contributed by atoms with Crippen molar-refractivity contribution in [3.63, 3.8) is 0 Å². The van der Waals surface area contributed by atoms with E-state index in [9.17, 15) is 4.79 Å². The summed E-state index contributed by atoms with van der Waals surface area (Å²) in [6, 6.07) is 10.7. The molecule has 0 aliphatic carbocycles. The van der Waals surface area contributed by atoms with Crippen molar-refractivity contribution in [2.75, 3.05) is 26.2 Å². The minimum Gasteiger partial charge on any atom is -0.338 e. The fraction of sp³-hybridized carbons (Fsp3) is 0.545. The molecule has 1 aromatic heterocycles. The van der Waals surface area contributed by atoms with Crippen molar-refractivity contribution >= 4 is 5.91 Å². The molecule has 2 aliphatic heterocycles. The molecule has 5 nitrogen and oxygen atoms in total. The predicted molar refractivity (Wildman–Crippen MR) is 106 cm³/mol. The van der Waals surface area contributed by atoms with Gasteiger partial charge in [0.15, 0.2) is 0 Å². The fourth-order valence-corrected chi connectivity index (χ4v) is 4.94. The van der Waals surface area contributed by atoms with E-state index in [1.165, 1.54) is 24.8 Å². The number of aromatic amines is 1. The lowest BCUT2D eigenvalue weighted by Crippen LogP contribution is -2.53. The summed E-state index contributed by atoms with van der Waals surface area (Å²) in [7, 11) is 0. The number of aromatic nitrogens is 2. The minimum atomic E-state index is 0.153. The Morgan fingerprint density at radius 1 is 1.15 bits per heavy atom. The van der Waals surface area contributed by atoms with Crippen molar-refractivity contribution in [1.29, 1.82) is 0 Å². The molecule has 1 amide bonds. The van der Waals surface area contributed by atoms with Gasteiger partial charge >= 0.3 is 0 Å². The van der Waals surface area contributed by atoms with E-state index in [1.807, 2.05) is 0 Å². The number of carbonyl (C=O) groups is 1. The number of carbonyl (C=O) groups excluding carboxylic acids is 1. The molecular formula is C22H30N4O. The Kier molecular flexibility index (Phi) is 5.30. The van der Waals surface area contributed by atoms with Crippen LogP contribution in [0, 0.1) is 5.41 Å². The van der Waals surface area contributed by atoms with Gasteiger partial charge in [0, 0.05) is 37.3 Å². The van der Waals surface area contributed by atoms with E-state index < -0.39 is 0 Å². The third-order valence-electron chi connectivity index (χ3n) is 6.24. The maximum Gasteiger partial charge on any atom is 0.257 e. The van der Waals surface area contributed by atoms with E-state index in [0.29, 0.717) is 0 Å². The van der Waals surface area contributed by atoms with Gasteiger partial charge in [0.05, 0.1) is 11.8 Å². The number of rotatable bonds is 4. The number of aryl methyl sites for hydroxylation is 1. The highest BCUT2D eigenvalue weighted by atomic mass is 16.2. The molecule has 4 rings (SSSR count). The van der Waals surface area contributed by atoms with Gasteiger partial charge in [-0.2, -0.15) is 5.10 Å². The first-order valence-electron chi connectivity index (χ1n) is 10.3. The third-order valence-corrected chi connectivity index (χ3v) is 6.24. The number of hydrogen-bond acceptors (Lipinski definition) is 3. The molecule has 1 spiro atoms. The predicted octanol–water partition coefficient (Wildman–Crippen LogP) is 3.49. The van der Waals surface area contributed by atoms with Crippen molar-refractivity contribution in [2.45, 2.75) is 45.6 Å². The van der Waals surface area contributed by atoms with Crippen molar-refractivity contribution in [1.82, 2.24) is 20.0 Å². The molecule has 1 N–H and O–H groups in total. The summed E-state index contributed by atoms with van der Waals surface area (Å²) in [5.74, 6) is 0.153. The number of H-pyrrole nitrogens is 1. The number of amides is 1. The molecule has 5 heteroatoms. The van der Waals surface area contributed by atoms with Crippen LogP contribution in [-0.2, 0) is 13.0 Å². The van der Waals surface area contributed by atoms with Gasteiger partial charge in [-0.15, -0.1) is 0 Å². The number of nitrogens with one attached hydrogen (secondary N) is 1. The third kappa shape index (κ3) is 3.93. The van der Waals surface area contributed by atoms with Crippen molar-refractivity contribution in [3.8, 4) is 0 Å². The molecule has 0 bridgehead atoms. The second-order valence-corrected chi connectivity index (χ2v) is 8.25. The second-order valence-electron chi connectivity index (χ2n) is 8.25. The summed E-state index contributed by atoms with van der Waals surface area (Å²) in [4.78, 5) is 17.8. The van der Waals surface area contributed by atoms with Crippen LogP contribution in [-0.4, -0.2) is 52.1 Å². The molecule has 2 aliphatic rings. The van der Waals surface area contributed by atoms with E-state index in [1.54, 1.807) is 6.20 Å². The van der Waals surface area contributed by atoms with Gasteiger partial charge in [-0.05, 0) is 44.2 Å². The van der Waals surface area contributed by atoms with E-state index in [-0.39, 0.29) is 11.3 Å². The maximum atomic E-state index is 13.1. The zero-order valence-electron chi connectivity index (χ0n) is 16.3. The summed E-state index contributed by atoms with van der Waals surface area (Å²) in [6.45, 7) is 7.08. The lowest BCUT2D eigenvalue weighted by Gasteiger charge is -2.48. The summed E-state index contributed by atoms with van der Waals surface area (Å²) in [5.41, 5.74) is 3.33. The van der Waals surface area contributed by atoms with Crippen LogP contribution in [0.4, 0.5) is 0 Å². The quantitative estimate of drug-likeness (QED) is 0.901. The largest absolute Gasteiger partial charge is 0.338 e. The van der Waals surface area contributed by atoms with Gasteiger partial charge in [0.25, 0.3) is 5.91 Å². The molecule has 2 aromatic rings. The smallest absolute Gasteiger partial charge is 0.257 e. The van der Waals surface area contributed by atoms with Crippen LogP contribution in [0.25, 0.3) is 0 Å². The Bertz CT molecular complexity index is 768. The first kappa shape index (κ1) is 18.2. The van der Waals surface area contributed by atoms with Crippen LogP contribution >= 0.6 is 0 Å². The standard InChI is InChI=1S/C22H30N4O/c1-2-20-19(14-23-24-20)21(27)26-13-7-11-22(17-26)10-6-12-25(16-22)15-18-8-4-3-5-9-18/h3-5,8-9,14H,2,6-7,10-13,15-17H2,1H3,(H,23,24). The number of hydrogen-bond donors (Lipinski definition) is 1. The summed E-state index contributed by atoms with van der Waals surface area (Å²) in [6.07, 6.45) is 7.29. The van der Waals surface area contributed by atoms with E-state index in [4.69, 9.17) is 0 Å². The first-order valence-corrected chi connectivity index (χ1v) is 10.3. The normalized spacial score (nSPS) is 23.7.